The van der Waals surface area contributed by atoms with Crippen LogP contribution in [0.4, 0.5) is 5.82 Å². The largest absolute Gasteiger partial charge is 0.478 e. The van der Waals surface area contributed by atoms with Crippen molar-refractivity contribution in [2.45, 2.75) is 6.54 Å². The van der Waals surface area contributed by atoms with Gasteiger partial charge < -0.3 is 10.4 Å². The van der Waals surface area contributed by atoms with E-state index in [1.165, 1.54) is 18.3 Å². The third kappa shape index (κ3) is 3.62. The van der Waals surface area contributed by atoms with Gasteiger partial charge in [0.1, 0.15) is 12.4 Å². The van der Waals surface area contributed by atoms with Crippen LogP contribution >= 0.6 is 0 Å². The van der Waals surface area contributed by atoms with Crippen molar-refractivity contribution in [1.29, 1.82) is 0 Å². The highest BCUT2D eigenvalue weighted by atomic mass is 16.4. The fourth-order valence-corrected chi connectivity index (χ4v) is 1.50. The molecule has 9 nitrogen and oxygen atoms in total. The molecule has 0 saturated heterocycles. The molecule has 1 amide bonds. The van der Waals surface area contributed by atoms with E-state index in [9.17, 15) is 19.2 Å². The third-order valence-corrected chi connectivity index (χ3v) is 2.49. The summed E-state index contributed by atoms with van der Waals surface area (Å²) in [5, 5.41) is 11.1. The normalized spacial score (nSPS) is 10.1. The first kappa shape index (κ1) is 14.2. The van der Waals surface area contributed by atoms with Crippen molar-refractivity contribution >= 4 is 17.7 Å². The molecule has 2 heterocycles. The number of carboxylic acid groups (broad SMARTS) is 1. The SMILES string of the molecule is O=C(Cn1ccc(=O)[nH]c1=O)Nc1ccc(C(=O)O)cn1. The molecule has 0 unspecified atom stereocenters. The monoisotopic (exact) mass is 290 g/mol. The van der Waals surface area contributed by atoms with Crippen molar-refractivity contribution in [3.63, 3.8) is 0 Å². The van der Waals surface area contributed by atoms with Gasteiger partial charge in [-0.1, -0.05) is 0 Å². The van der Waals surface area contributed by atoms with Crippen LogP contribution < -0.4 is 16.6 Å². The van der Waals surface area contributed by atoms with E-state index >= 15 is 0 Å². The average molecular weight is 290 g/mol. The summed E-state index contributed by atoms with van der Waals surface area (Å²) in [5.41, 5.74) is -1.26. The molecule has 0 aliphatic carbocycles. The first-order valence-electron chi connectivity index (χ1n) is 5.74. The molecule has 0 saturated carbocycles. The predicted octanol–water partition coefficient (Wildman–Crippen LogP) is -0.731. The van der Waals surface area contributed by atoms with Crippen LogP contribution in [-0.4, -0.2) is 31.5 Å². The van der Waals surface area contributed by atoms with Crippen LogP contribution in [0.15, 0.2) is 40.2 Å². The third-order valence-electron chi connectivity index (χ3n) is 2.49. The summed E-state index contributed by atoms with van der Waals surface area (Å²) < 4.78 is 1.02. The lowest BCUT2D eigenvalue weighted by molar-refractivity contribution is -0.116. The molecule has 3 N–H and O–H groups in total. The molecule has 2 rings (SSSR count). The van der Waals surface area contributed by atoms with Crippen LogP contribution in [0.25, 0.3) is 0 Å². The van der Waals surface area contributed by atoms with Crippen molar-refractivity contribution in [2.75, 3.05) is 5.32 Å². The first-order chi connectivity index (χ1) is 9.95. The van der Waals surface area contributed by atoms with Gasteiger partial charge in [0.15, 0.2) is 0 Å². The second-order valence-corrected chi connectivity index (χ2v) is 4.02. The number of hydrogen-bond acceptors (Lipinski definition) is 5. The lowest BCUT2D eigenvalue weighted by Crippen LogP contribution is -2.32. The standard InChI is InChI=1S/C12H10N4O5/c17-9-3-4-16(12(21)15-9)6-10(18)14-8-2-1-7(5-13-8)11(19)20/h1-5H,6H2,(H,19,20)(H,13,14,18)(H,15,17,21). The van der Waals surface area contributed by atoms with Gasteiger partial charge >= 0.3 is 11.7 Å². The molecule has 2 aromatic heterocycles. The molecular weight excluding hydrogens is 280 g/mol. The smallest absolute Gasteiger partial charge is 0.337 e. The first-order valence-corrected chi connectivity index (χ1v) is 5.74. The highest BCUT2D eigenvalue weighted by molar-refractivity contribution is 5.91. The number of carbonyl (C=O) groups excluding carboxylic acids is 1. The molecule has 0 aromatic carbocycles. The van der Waals surface area contributed by atoms with Gasteiger partial charge in [0.25, 0.3) is 5.56 Å². The van der Waals surface area contributed by atoms with Gasteiger partial charge in [-0.15, -0.1) is 0 Å². The van der Waals surface area contributed by atoms with Crippen LogP contribution in [0.1, 0.15) is 10.4 Å². The van der Waals surface area contributed by atoms with E-state index in [1.54, 1.807) is 0 Å². The summed E-state index contributed by atoms with van der Waals surface area (Å²) in [4.78, 5) is 50.4. The van der Waals surface area contributed by atoms with Crippen molar-refractivity contribution < 1.29 is 14.7 Å². The number of rotatable bonds is 4. The number of nitrogens with zero attached hydrogens (tertiary/aromatic N) is 2. The molecule has 0 bridgehead atoms. The molecule has 108 valence electrons. The number of anilines is 1. The summed E-state index contributed by atoms with van der Waals surface area (Å²) in [6.07, 6.45) is 2.30. The highest BCUT2D eigenvalue weighted by Gasteiger charge is 2.07. The predicted molar refractivity (Wildman–Crippen MR) is 71.1 cm³/mol. The quantitative estimate of drug-likeness (QED) is 0.679. The van der Waals surface area contributed by atoms with E-state index in [0.29, 0.717) is 0 Å². The van der Waals surface area contributed by atoms with Crippen LogP contribution in [0.2, 0.25) is 0 Å². The maximum atomic E-state index is 11.7. The summed E-state index contributed by atoms with van der Waals surface area (Å²) in [6.45, 7) is -0.308. The summed E-state index contributed by atoms with van der Waals surface area (Å²) in [5.74, 6) is -1.51. The Morgan fingerprint density at radius 3 is 2.62 bits per heavy atom. The number of amides is 1. The Morgan fingerprint density at radius 2 is 2.05 bits per heavy atom. The number of hydrogen-bond donors (Lipinski definition) is 3. The molecule has 0 fully saturated rings. The number of aromatic amines is 1. The van der Waals surface area contributed by atoms with Gasteiger partial charge in [-0.25, -0.2) is 14.6 Å². The lowest BCUT2D eigenvalue weighted by atomic mass is 10.3. The summed E-state index contributed by atoms with van der Waals surface area (Å²) in [7, 11) is 0. The molecule has 0 radical (unpaired) electrons. The Kier molecular flexibility index (Phi) is 3.93. The molecule has 0 aliphatic heterocycles. The highest BCUT2D eigenvalue weighted by Crippen LogP contribution is 2.05. The molecular formula is C12H10N4O5. The van der Waals surface area contributed by atoms with Crippen LogP contribution in [0, 0.1) is 0 Å². The molecule has 2 aromatic rings. The maximum Gasteiger partial charge on any atom is 0.337 e. The number of carbonyl (C=O) groups is 2. The zero-order valence-electron chi connectivity index (χ0n) is 10.6. The zero-order chi connectivity index (χ0) is 15.4. The van der Waals surface area contributed by atoms with Gasteiger partial charge in [0.05, 0.1) is 5.56 Å². The number of H-pyrrole nitrogens is 1. The van der Waals surface area contributed by atoms with Crippen molar-refractivity contribution in [2.24, 2.45) is 0 Å². The van der Waals surface area contributed by atoms with Gasteiger partial charge in [0, 0.05) is 18.5 Å². The van der Waals surface area contributed by atoms with Crippen LogP contribution in [0.5, 0.6) is 0 Å². The van der Waals surface area contributed by atoms with Crippen LogP contribution in [0.3, 0.4) is 0 Å². The Balaban J connectivity index is 2.06. The van der Waals surface area contributed by atoms with E-state index in [4.69, 9.17) is 5.11 Å². The summed E-state index contributed by atoms with van der Waals surface area (Å²) >= 11 is 0. The molecule has 0 aliphatic rings. The second kappa shape index (κ2) is 5.82. The van der Waals surface area contributed by atoms with Gasteiger partial charge in [-0.05, 0) is 12.1 Å². The van der Waals surface area contributed by atoms with E-state index in [-0.39, 0.29) is 17.9 Å². The van der Waals surface area contributed by atoms with Crippen molar-refractivity contribution in [1.82, 2.24) is 14.5 Å². The Bertz CT molecular complexity index is 790. The van der Waals surface area contributed by atoms with E-state index in [2.05, 4.69) is 10.3 Å². The number of carboxylic acids is 1. The average Bonchev–Trinajstić information content (AvgIpc) is 2.42. The Morgan fingerprint density at radius 1 is 1.29 bits per heavy atom. The molecule has 0 spiro atoms. The van der Waals surface area contributed by atoms with Crippen molar-refractivity contribution in [3.8, 4) is 0 Å². The number of aromatic carboxylic acids is 1. The minimum absolute atomic E-state index is 0.00940. The number of nitrogens with one attached hydrogen (secondary N) is 2. The zero-order valence-corrected chi connectivity index (χ0v) is 10.6. The van der Waals surface area contributed by atoms with E-state index in [1.807, 2.05) is 4.98 Å². The minimum atomic E-state index is -1.12. The lowest BCUT2D eigenvalue weighted by Gasteiger charge is -2.06. The summed E-state index contributed by atoms with van der Waals surface area (Å²) in [6, 6.07) is 3.74. The fraction of sp³-hybridized carbons (Fsp3) is 0.0833. The Hall–Kier alpha value is -3.23. The second-order valence-electron chi connectivity index (χ2n) is 4.02. The fourth-order valence-electron chi connectivity index (χ4n) is 1.50. The number of aromatic nitrogens is 3. The number of pyridine rings is 1. The Labute approximate surface area is 116 Å². The van der Waals surface area contributed by atoms with E-state index in [0.717, 1.165) is 16.8 Å². The molecule has 21 heavy (non-hydrogen) atoms. The van der Waals surface area contributed by atoms with E-state index < -0.39 is 23.1 Å². The van der Waals surface area contributed by atoms with Gasteiger partial charge in [0.2, 0.25) is 5.91 Å². The molecule has 0 atom stereocenters. The van der Waals surface area contributed by atoms with Crippen molar-refractivity contribution in [3.05, 3.63) is 57.0 Å². The minimum Gasteiger partial charge on any atom is -0.478 e. The maximum absolute atomic E-state index is 11.7. The molecule has 9 heteroatoms. The van der Waals surface area contributed by atoms with Crippen LogP contribution in [-0.2, 0) is 11.3 Å². The van der Waals surface area contributed by atoms with Gasteiger partial charge in [-0.3, -0.25) is 19.1 Å². The topological polar surface area (TPSA) is 134 Å². The van der Waals surface area contributed by atoms with Gasteiger partial charge in [-0.2, -0.15) is 0 Å².